The van der Waals surface area contributed by atoms with Gasteiger partial charge >= 0.3 is 0 Å². The first-order valence-electron chi connectivity index (χ1n) is 5.85. The van der Waals surface area contributed by atoms with Crippen molar-refractivity contribution in [3.8, 4) is 0 Å². The molecule has 0 bridgehead atoms. The van der Waals surface area contributed by atoms with E-state index in [0.717, 1.165) is 24.9 Å². The molecule has 96 valence electrons. The third-order valence-corrected chi connectivity index (χ3v) is 3.40. The quantitative estimate of drug-likeness (QED) is 0.257. The van der Waals surface area contributed by atoms with Gasteiger partial charge in [-0.25, -0.2) is 0 Å². The second kappa shape index (κ2) is 5.89. The molecular formula is C13H16ClN3O. The number of oxime groups is 1. The van der Waals surface area contributed by atoms with Crippen LogP contribution in [0.15, 0.2) is 35.5 Å². The van der Waals surface area contributed by atoms with Gasteiger partial charge in [-0.3, -0.25) is 0 Å². The van der Waals surface area contributed by atoms with Gasteiger partial charge in [0.25, 0.3) is 0 Å². The van der Waals surface area contributed by atoms with Gasteiger partial charge in [0.2, 0.25) is 0 Å². The van der Waals surface area contributed by atoms with Gasteiger partial charge in [0.15, 0.2) is 5.84 Å². The Kier molecular flexibility index (Phi) is 4.23. The zero-order chi connectivity index (χ0) is 13.0. The predicted molar refractivity (Wildman–Crippen MR) is 73.0 cm³/mol. The summed E-state index contributed by atoms with van der Waals surface area (Å²) in [5, 5.41) is 15.6. The molecule has 0 spiro atoms. The number of benzene rings is 1. The van der Waals surface area contributed by atoms with E-state index in [1.165, 1.54) is 0 Å². The molecule has 1 aliphatic carbocycles. The Bertz CT molecular complexity index is 477. The summed E-state index contributed by atoms with van der Waals surface area (Å²) in [7, 11) is 0. The molecule has 18 heavy (non-hydrogen) atoms. The van der Waals surface area contributed by atoms with Gasteiger partial charge in [-0.05, 0) is 24.5 Å². The largest absolute Gasteiger partial charge is 0.409 e. The highest BCUT2D eigenvalue weighted by Gasteiger charge is 2.10. The fourth-order valence-electron chi connectivity index (χ4n) is 1.95. The molecule has 0 radical (unpaired) electrons. The van der Waals surface area contributed by atoms with E-state index in [1.807, 2.05) is 6.07 Å². The fraction of sp³-hybridized carbons (Fsp3) is 0.308. The second-order valence-corrected chi connectivity index (χ2v) is 4.72. The Morgan fingerprint density at radius 3 is 2.78 bits per heavy atom. The third kappa shape index (κ3) is 3.03. The fourth-order valence-corrected chi connectivity index (χ4v) is 2.19. The van der Waals surface area contributed by atoms with Crippen molar-refractivity contribution >= 4 is 17.4 Å². The lowest BCUT2D eigenvalue weighted by Gasteiger charge is -2.13. The van der Waals surface area contributed by atoms with E-state index in [1.54, 1.807) is 12.1 Å². The maximum absolute atomic E-state index is 8.60. The van der Waals surface area contributed by atoms with Crippen LogP contribution in [0.1, 0.15) is 24.0 Å². The maximum Gasteiger partial charge on any atom is 0.170 e. The van der Waals surface area contributed by atoms with Crippen molar-refractivity contribution in [1.29, 1.82) is 0 Å². The minimum Gasteiger partial charge on any atom is -0.409 e. The van der Waals surface area contributed by atoms with Crippen LogP contribution < -0.4 is 11.1 Å². The molecule has 0 aromatic heterocycles. The molecule has 1 aromatic rings. The number of rotatable bonds is 4. The molecule has 0 saturated carbocycles. The van der Waals surface area contributed by atoms with Crippen LogP contribution in [0.2, 0.25) is 5.02 Å². The molecule has 0 heterocycles. The molecule has 0 fully saturated rings. The molecular weight excluding hydrogens is 250 g/mol. The minimum absolute atomic E-state index is 0.0661. The molecule has 0 saturated heterocycles. The Balaban J connectivity index is 2.01. The topological polar surface area (TPSA) is 70.6 Å². The van der Waals surface area contributed by atoms with Crippen LogP contribution in [-0.2, 0) is 6.54 Å². The van der Waals surface area contributed by atoms with Crippen molar-refractivity contribution < 1.29 is 5.21 Å². The highest BCUT2D eigenvalue weighted by molar-refractivity contribution is 6.31. The van der Waals surface area contributed by atoms with Crippen molar-refractivity contribution in [2.45, 2.75) is 25.4 Å². The van der Waals surface area contributed by atoms with E-state index in [-0.39, 0.29) is 5.84 Å². The molecule has 2 rings (SSSR count). The number of hydrogen-bond donors (Lipinski definition) is 3. The molecule has 4 nitrogen and oxygen atoms in total. The molecule has 0 atom stereocenters. The van der Waals surface area contributed by atoms with Crippen LogP contribution in [0.4, 0.5) is 0 Å². The number of hydrogen-bond acceptors (Lipinski definition) is 3. The van der Waals surface area contributed by atoms with Crippen LogP contribution >= 0.6 is 11.6 Å². The Morgan fingerprint density at radius 1 is 1.44 bits per heavy atom. The smallest absolute Gasteiger partial charge is 0.170 e. The van der Waals surface area contributed by atoms with Gasteiger partial charge in [0.1, 0.15) is 0 Å². The van der Waals surface area contributed by atoms with Crippen molar-refractivity contribution in [2.24, 2.45) is 10.9 Å². The first-order chi connectivity index (χ1) is 8.70. The lowest BCUT2D eigenvalue weighted by Crippen LogP contribution is -2.25. The van der Waals surface area contributed by atoms with Gasteiger partial charge in [-0.2, -0.15) is 0 Å². The summed E-state index contributed by atoms with van der Waals surface area (Å²) in [5.41, 5.74) is 7.14. The summed E-state index contributed by atoms with van der Waals surface area (Å²) < 4.78 is 0. The van der Waals surface area contributed by atoms with E-state index >= 15 is 0 Å². The van der Waals surface area contributed by atoms with E-state index in [9.17, 15) is 0 Å². The van der Waals surface area contributed by atoms with Crippen LogP contribution in [0.25, 0.3) is 0 Å². The first-order valence-corrected chi connectivity index (χ1v) is 6.23. The summed E-state index contributed by atoms with van der Waals surface area (Å²) in [6, 6.07) is 5.90. The van der Waals surface area contributed by atoms with Crippen molar-refractivity contribution in [2.75, 3.05) is 0 Å². The molecule has 5 heteroatoms. The normalized spacial score (nSPS) is 16.4. The van der Waals surface area contributed by atoms with Crippen LogP contribution in [0.5, 0.6) is 0 Å². The number of nitrogens with zero attached hydrogens (tertiary/aromatic N) is 1. The lowest BCUT2D eigenvalue weighted by atomic mass is 10.1. The lowest BCUT2D eigenvalue weighted by molar-refractivity contribution is 0.318. The van der Waals surface area contributed by atoms with Gasteiger partial charge in [0, 0.05) is 23.2 Å². The Labute approximate surface area is 111 Å². The van der Waals surface area contributed by atoms with Gasteiger partial charge in [-0.15, -0.1) is 0 Å². The van der Waals surface area contributed by atoms with Crippen LogP contribution in [0, 0.1) is 0 Å². The SMILES string of the molecule is N/C(=N/O)c1ccc(CNC2CC=CC2)c(Cl)c1. The summed E-state index contributed by atoms with van der Waals surface area (Å²) in [6.07, 6.45) is 6.50. The highest BCUT2D eigenvalue weighted by Crippen LogP contribution is 2.19. The molecule has 4 N–H and O–H groups in total. The third-order valence-electron chi connectivity index (χ3n) is 3.05. The van der Waals surface area contributed by atoms with Gasteiger partial charge in [-0.1, -0.05) is 41.0 Å². The Morgan fingerprint density at radius 2 is 2.17 bits per heavy atom. The number of nitrogens with one attached hydrogen (secondary N) is 1. The average Bonchev–Trinajstić information content (AvgIpc) is 2.89. The van der Waals surface area contributed by atoms with Crippen molar-refractivity contribution in [3.05, 3.63) is 46.5 Å². The maximum atomic E-state index is 8.60. The second-order valence-electron chi connectivity index (χ2n) is 4.31. The van der Waals surface area contributed by atoms with Crippen molar-refractivity contribution in [3.63, 3.8) is 0 Å². The molecule has 1 aromatic carbocycles. The van der Waals surface area contributed by atoms with E-state index < -0.39 is 0 Å². The molecule has 0 aliphatic heterocycles. The predicted octanol–water partition coefficient (Wildman–Crippen LogP) is 2.24. The number of nitrogens with two attached hydrogens (primary N) is 1. The standard InChI is InChI=1S/C13H16ClN3O/c14-12-7-9(13(15)17-18)5-6-10(12)8-16-11-3-1-2-4-11/h1-2,5-7,11,16,18H,3-4,8H2,(H2,15,17). The number of halogens is 1. The monoisotopic (exact) mass is 265 g/mol. The van der Waals surface area contributed by atoms with Gasteiger partial charge < -0.3 is 16.3 Å². The van der Waals surface area contributed by atoms with Crippen molar-refractivity contribution in [1.82, 2.24) is 5.32 Å². The van der Waals surface area contributed by atoms with E-state index in [2.05, 4.69) is 22.6 Å². The first kappa shape index (κ1) is 12.9. The van der Waals surface area contributed by atoms with Crippen LogP contribution in [-0.4, -0.2) is 17.1 Å². The summed E-state index contributed by atoms with van der Waals surface area (Å²) >= 11 is 6.17. The molecule has 0 unspecified atom stereocenters. The highest BCUT2D eigenvalue weighted by atomic mass is 35.5. The average molecular weight is 266 g/mol. The zero-order valence-electron chi connectivity index (χ0n) is 9.94. The zero-order valence-corrected chi connectivity index (χ0v) is 10.7. The van der Waals surface area contributed by atoms with E-state index in [4.69, 9.17) is 22.5 Å². The van der Waals surface area contributed by atoms with Gasteiger partial charge in [0.05, 0.1) is 0 Å². The van der Waals surface area contributed by atoms with Crippen LogP contribution in [0.3, 0.4) is 0 Å². The summed E-state index contributed by atoms with van der Waals surface area (Å²) in [6.45, 7) is 0.724. The minimum atomic E-state index is 0.0661. The number of amidine groups is 1. The molecule has 0 amide bonds. The Hall–Kier alpha value is -1.52. The molecule has 1 aliphatic rings. The van der Waals surface area contributed by atoms with E-state index in [0.29, 0.717) is 16.6 Å². The summed E-state index contributed by atoms with van der Waals surface area (Å²) in [5.74, 6) is 0.0661. The summed E-state index contributed by atoms with van der Waals surface area (Å²) in [4.78, 5) is 0.